The topological polar surface area (TPSA) is 98.4 Å². The van der Waals surface area contributed by atoms with Crippen molar-refractivity contribution in [2.24, 2.45) is 7.05 Å². The molecule has 164 valence electrons. The van der Waals surface area contributed by atoms with E-state index in [2.05, 4.69) is 15.7 Å². The smallest absolute Gasteiger partial charge is 0.287 e. The van der Waals surface area contributed by atoms with Gasteiger partial charge in [0.05, 0.1) is 23.6 Å². The van der Waals surface area contributed by atoms with Crippen molar-refractivity contribution in [3.8, 4) is 5.75 Å². The number of carbonyl (C=O) groups is 2. The quantitative estimate of drug-likeness (QED) is 0.464. The van der Waals surface area contributed by atoms with Gasteiger partial charge in [-0.05, 0) is 32.0 Å². The van der Waals surface area contributed by atoms with Crippen LogP contribution in [-0.2, 0) is 18.4 Å². The summed E-state index contributed by atoms with van der Waals surface area (Å²) in [6, 6.07) is 16.7. The Morgan fingerprint density at radius 1 is 1.06 bits per heavy atom. The normalized spacial score (nSPS) is 10.8. The highest BCUT2D eigenvalue weighted by Crippen LogP contribution is 2.27. The number of ether oxygens (including phenoxy) is 1. The third-order valence-corrected chi connectivity index (χ3v) is 5.21. The number of fused-ring (bicyclic) bond motifs is 1. The van der Waals surface area contributed by atoms with Gasteiger partial charge < -0.3 is 19.8 Å². The summed E-state index contributed by atoms with van der Waals surface area (Å²) < 4.78 is 13.3. The summed E-state index contributed by atoms with van der Waals surface area (Å²) in [6.07, 6.45) is 0. The molecule has 4 rings (SSSR count). The van der Waals surface area contributed by atoms with Crippen molar-refractivity contribution in [2.45, 2.75) is 20.5 Å². The number of carbonyl (C=O) groups excluding carboxylic acids is 2. The Morgan fingerprint density at radius 3 is 2.50 bits per heavy atom. The maximum Gasteiger partial charge on any atom is 0.287 e. The van der Waals surface area contributed by atoms with Crippen LogP contribution in [0.3, 0.4) is 0 Å². The van der Waals surface area contributed by atoms with Gasteiger partial charge in [-0.25, -0.2) is 0 Å². The Labute approximate surface area is 185 Å². The minimum absolute atomic E-state index is 0.128. The van der Waals surface area contributed by atoms with Crippen molar-refractivity contribution >= 4 is 28.5 Å². The molecule has 0 aliphatic carbocycles. The van der Waals surface area contributed by atoms with Crippen LogP contribution in [-0.4, -0.2) is 28.1 Å². The van der Waals surface area contributed by atoms with Crippen LogP contribution in [0.1, 0.15) is 27.5 Å². The van der Waals surface area contributed by atoms with Crippen LogP contribution in [0, 0.1) is 13.8 Å². The molecule has 0 unspecified atom stereocenters. The molecule has 0 saturated heterocycles. The molecule has 0 aliphatic rings. The first-order valence-electron chi connectivity index (χ1n) is 10.2. The van der Waals surface area contributed by atoms with Gasteiger partial charge in [-0.1, -0.05) is 36.4 Å². The van der Waals surface area contributed by atoms with Gasteiger partial charge in [-0.3, -0.25) is 14.3 Å². The van der Waals surface area contributed by atoms with Gasteiger partial charge in [0.25, 0.3) is 5.91 Å². The molecule has 0 spiro atoms. The fourth-order valence-electron chi connectivity index (χ4n) is 3.48. The number of aryl methyl sites for hydroxylation is 2. The van der Waals surface area contributed by atoms with Crippen molar-refractivity contribution in [2.75, 3.05) is 11.9 Å². The Hall–Kier alpha value is -4.07. The zero-order valence-corrected chi connectivity index (χ0v) is 18.1. The third kappa shape index (κ3) is 4.34. The van der Waals surface area contributed by atoms with E-state index in [0.29, 0.717) is 28.3 Å². The fraction of sp³-hybridized carbons (Fsp3) is 0.208. The van der Waals surface area contributed by atoms with Gasteiger partial charge in [0.2, 0.25) is 5.91 Å². The SMILES string of the molecule is Cc1nn(C)c(C)c1NC(=O)CNC(=O)c1oc2ccccc2c1COc1ccccc1. The molecule has 0 bridgehead atoms. The number of nitrogens with zero attached hydrogens (tertiary/aromatic N) is 2. The minimum atomic E-state index is -0.484. The molecule has 2 amide bonds. The summed E-state index contributed by atoms with van der Waals surface area (Å²) >= 11 is 0. The zero-order valence-electron chi connectivity index (χ0n) is 18.1. The summed E-state index contributed by atoms with van der Waals surface area (Å²) in [6.45, 7) is 3.63. The largest absolute Gasteiger partial charge is 0.489 e. The number of rotatable bonds is 7. The Balaban J connectivity index is 1.48. The maximum atomic E-state index is 12.9. The number of nitrogens with one attached hydrogen (secondary N) is 2. The van der Waals surface area contributed by atoms with Gasteiger partial charge in [-0.15, -0.1) is 0 Å². The molecule has 8 heteroatoms. The highest BCUT2D eigenvalue weighted by molar-refractivity contribution is 6.02. The first-order valence-corrected chi connectivity index (χ1v) is 10.2. The lowest BCUT2D eigenvalue weighted by molar-refractivity contribution is -0.115. The lowest BCUT2D eigenvalue weighted by atomic mass is 10.1. The Bertz CT molecular complexity index is 1270. The molecule has 2 heterocycles. The number of hydrogen-bond acceptors (Lipinski definition) is 5. The van der Waals surface area contributed by atoms with Crippen molar-refractivity contribution in [3.05, 3.63) is 77.3 Å². The van der Waals surface area contributed by atoms with E-state index in [-0.39, 0.29) is 24.8 Å². The van der Waals surface area contributed by atoms with Gasteiger partial charge in [0.1, 0.15) is 17.9 Å². The summed E-state index contributed by atoms with van der Waals surface area (Å²) in [5.41, 5.74) is 3.39. The monoisotopic (exact) mass is 432 g/mol. The predicted molar refractivity (Wildman–Crippen MR) is 121 cm³/mol. The second kappa shape index (κ2) is 8.97. The van der Waals surface area contributed by atoms with E-state index in [9.17, 15) is 9.59 Å². The summed E-state index contributed by atoms with van der Waals surface area (Å²) in [4.78, 5) is 25.3. The third-order valence-electron chi connectivity index (χ3n) is 5.21. The molecule has 0 aliphatic heterocycles. The molecular formula is C24H24N4O4. The number of amides is 2. The van der Waals surface area contributed by atoms with Gasteiger partial charge in [0, 0.05) is 18.0 Å². The zero-order chi connectivity index (χ0) is 22.7. The van der Waals surface area contributed by atoms with E-state index in [1.807, 2.05) is 62.4 Å². The van der Waals surface area contributed by atoms with Crippen LogP contribution in [0.2, 0.25) is 0 Å². The van der Waals surface area contributed by atoms with Crippen molar-refractivity contribution in [3.63, 3.8) is 0 Å². The van der Waals surface area contributed by atoms with E-state index < -0.39 is 5.91 Å². The first-order chi connectivity index (χ1) is 15.4. The van der Waals surface area contributed by atoms with Crippen LogP contribution in [0.15, 0.2) is 59.0 Å². The van der Waals surface area contributed by atoms with Crippen molar-refractivity contribution < 1.29 is 18.7 Å². The Kier molecular flexibility index (Phi) is 5.93. The van der Waals surface area contributed by atoms with Gasteiger partial charge in [-0.2, -0.15) is 5.10 Å². The van der Waals surface area contributed by atoms with E-state index >= 15 is 0 Å². The van der Waals surface area contributed by atoms with E-state index in [1.165, 1.54) is 0 Å². The summed E-state index contributed by atoms with van der Waals surface area (Å²) in [5, 5.41) is 10.5. The average Bonchev–Trinajstić information content (AvgIpc) is 3.29. The van der Waals surface area contributed by atoms with Crippen LogP contribution in [0.25, 0.3) is 11.0 Å². The number of anilines is 1. The summed E-state index contributed by atoms with van der Waals surface area (Å²) in [5.74, 6) is -0.0206. The number of benzene rings is 2. The molecule has 0 saturated carbocycles. The minimum Gasteiger partial charge on any atom is -0.489 e. The van der Waals surface area contributed by atoms with E-state index in [4.69, 9.17) is 9.15 Å². The number of aromatic nitrogens is 2. The first kappa shape index (κ1) is 21.2. The molecule has 4 aromatic rings. The van der Waals surface area contributed by atoms with Crippen LogP contribution >= 0.6 is 0 Å². The molecule has 2 N–H and O–H groups in total. The maximum absolute atomic E-state index is 12.9. The van der Waals surface area contributed by atoms with E-state index in [1.54, 1.807) is 17.8 Å². The lowest BCUT2D eigenvalue weighted by Gasteiger charge is -2.08. The molecule has 32 heavy (non-hydrogen) atoms. The fourth-order valence-corrected chi connectivity index (χ4v) is 3.48. The highest BCUT2D eigenvalue weighted by atomic mass is 16.5. The average molecular weight is 432 g/mol. The summed E-state index contributed by atoms with van der Waals surface area (Å²) in [7, 11) is 1.81. The molecule has 0 atom stereocenters. The van der Waals surface area contributed by atoms with E-state index in [0.717, 1.165) is 11.1 Å². The number of para-hydroxylation sites is 2. The van der Waals surface area contributed by atoms with Gasteiger partial charge in [0.15, 0.2) is 5.76 Å². The van der Waals surface area contributed by atoms with Crippen molar-refractivity contribution in [1.82, 2.24) is 15.1 Å². The molecule has 0 radical (unpaired) electrons. The standard InChI is InChI=1S/C24H24N4O4/c1-15-22(16(2)28(3)27-15)26-21(29)13-25-24(30)23-19(14-31-17-9-5-4-6-10-17)18-11-7-8-12-20(18)32-23/h4-12H,13-14H2,1-3H3,(H,25,30)(H,26,29). The second-order valence-corrected chi connectivity index (χ2v) is 7.41. The molecule has 2 aromatic carbocycles. The molecule has 8 nitrogen and oxygen atoms in total. The van der Waals surface area contributed by atoms with Crippen LogP contribution in [0.4, 0.5) is 5.69 Å². The second-order valence-electron chi connectivity index (χ2n) is 7.41. The van der Waals surface area contributed by atoms with Crippen LogP contribution in [0.5, 0.6) is 5.75 Å². The number of furan rings is 1. The van der Waals surface area contributed by atoms with Gasteiger partial charge >= 0.3 is 0 Å². The molecular weight excluding hydrogens is 408 g/mol. The Morgan fingerprint density at radius 2 is 1.78 bits per heavy atom. The van der Waals surface area contributed by atoms with Crippen LogP contribution < -0.4 is 15.4 Å². The molecule has 0 fully saturated rings. The molecule has 2 aromatic heterocycles. The number of hydrogen-bond donors (Lipinski definition) is 2. The predicted octanol–water partition coefficient (Wildman–Crippen LogP) is 3.73. The lowest BCUT2D eigenvalue weighted by Crippen LogP contribution is -2.33. The highest BCUT2D eigenvalue weighted by Gasteiger charge is 2.22. The van der Waals surface area contributed by atoms with Crippen molar-refractivity contribution in [1.29, 1.82) is 0 Å².